The molecule has 1 saturated carbocycles. The predicted molar refractivity (Wildman–Crippen MR) is 147 cm³/mol. The quantitative estimate of drug-likeness (QED) is 0.472. The van der Waals surface area contributed by atoms with Crippen molar-refractivity contribution >= 4 is 23.4 Å². The van der Waals surface area contributed by atoms with Gasteiger partial charge in [-0.2, -0.15) is 0 Å². The molecular weight excluding hydrogens is 466 g/mol. The minimum atomic E-state index is -0.496. The standard InChI is InChI=1S/C29H41N5O3/c1-29(2,3)37-28(36)32-22-16-14-21(15-17-22)31-23-11-5-6-12-24(23)33-26(35)19-34(4)25-13-7-9-20-10-8-18-30-27(20)25/h5-6,8,10-12,18,21-22,25,31H,7,9,13-17,19H2,1-4H3,(H,32,36)(H,33,35). The molecule has 8 nitrogen and oxygen atoms in total. The second-order valence-electron chi connectivity index (χ2n) is 11.3. The van der Waals surface area contributed by atoms with E-state index in [0.29, 0.717) is 6.54 Å². The molecule has 2 aliphatic carbocycles. The average molecular weight is 508 g/mol. The molecule has 0 bridgehead atoms. The maximum Gasteiger partial charge on any atom is 0.407 e. The first-order valence-corrected chi connectivity index (χ1v) is 13.5. The van der Waals surface area contributed by atoms with Gasteiger partial charge in [-0.05, 0) is 96.5 Å². The number of para-hydroxylation sites is 2. The Kier molecular flexibility index (Phi) is 8.69. The summed E-state index contributed by atoms with van der Waals surface area (Å²) in [6.07, 6.45) is 8.29. The van der Waals surface area contributed by atoms with Gasteiger partial charge in [0.25, 0.3) is 0 Å². The van der Waals surface area contributed by atoms with Crippen LogP contribution >= 0.6 is 0 Å². The molecule has 0 aliphatic heterocycles. The number of aromatic nitrogens is 1. The fourth-order valence-electron chi connectivity index (χ4n) is 5.33. The zero-order chi connectivity index (χ0) is 26.4. The maximum atomic E-state index is 13.0. The Morgan fingerprint density at radius 2 is 1.70 bits per heavy atom. The Labute approximate surface area is 220 Å². The SMILES string of the molecule is CN(CC(=O)Nc1ccccc1NC1CCC(NC(=O)OC(C)(C)C)CC1)C1CCCc2cccnc21. The molecule has 0 radical (unpaired) electrons. The molecule has 4 rings (SSSR count). The molecule has 3 N–H and O–H groups in total. The van der Waals surface area contributed by atoms with Crippen LogP contribution in [0.2, 0.25) is 0 Å². The Morgan fingerprint density at radius 3 is 2.43 bits per heavy atom. The molecule has 1 atom stereocenters. The highest BCUT2D eigenvalue weighted by atomic mass is 16.6. The van der Waals surface area contributed by atoms with Crippen LogP contribution in [0.25, 0.3) is 0 Å². The third kappa shape index (κ3) is 7.68. The van der Waals surface area contributed by atoms with Crippen LogP contribution in [-0.2, 0) is 16.0 Å². The van der Waals surface area contributed by atoms with Crippen LogP contribution in [0.5, 0.6) is 0 Å². The molecule has 1 heterocycles. The van der Waals surface area contributed by atoms with Gasteiger partial charge in [0.2, 0.25) is 5.91 Å². The largest absolute Gasteiger partial charge is 0.444 e. The number of anilines is 2. The number of likely N-dealkylation sites (N-methyl/N-ethyl adjacent to an activating group) is 1. The molecule has 1 fully saturated rings. The van der Waals surface area contributed by atoms with E-state index in [1.54, 1.807) is 0 Å². The van der Waals surface area contributed by atoms with Crippen molar-refractivity contribution in [3.8, 4) is 0 Å². The van der Waals surface area contributed by atoms with Gasteiger partial charge in [0.15, 0.2) is 0 Å². The van der Waals surface area contributed by atoms with E-state index in [4.69, 9.17) is 4.74 Å². The first kappa shape index (κ1) is 26.9. The molecule has 0 spiro atoms. The van der Waals surface area contributed by atoms with E-state index >= 15 is 0 Å². The lowest BCUT2D eigenvalue weighted by atomic mass is 9.91. The van der Waals surface area contributed by atoms with E-state index in [-0.39, 0.29) is 30.1 Å². The van der Waals surface area contributed by atoms with Crippen LogP contribution in [0.4, 0.5) is 16.2 Å². The Hall–Kier alpha value is -3.13. The summed E-state index contributed by atoms with van der Waals surface area (Å²) in [5.41, 5.74) is 3.60. The van der Waals surface area contributed by atoms with Crippen molar-refractivity contribution in [2.45, 2.75) is 89.4 Å². The Balaban J connectivity index is 1.28. The molecule has 1 unspecified atom stereocenters. The molecule has 0 saturated heterocycles. The zero-order valence-electron chi connectivity index (χ0n) is 22.5. The van der Waals surface area contributed by atoms with Crippen LogP contribution < -0.4 is 16.0 Å². The molecule has 200 valence electrons. The number of hydrogen-bond donors (Lipinski definition) is 3. The van der Waals surface area contributed by atoms with Crippen LogP contribution in [0, 0.1) is 0 Å². The molecule has 2 aromatic rings. The van der Waals surface area contributed by atoms with E-state index < -0.39 is 5.60 Å². The molecule has 2 aliphatic rings. The van der Waals surface area contributed by atoms with Gasteiger partial charge in [0, 0.05) is 18.3 Å². The molecule has 37 heavy (non-hydrogen) atoms. The maximum absolute atomic E-state index is 13.0. The second kappa shape index (κ2) is 11.9. The van der Waals surface area contributed by atoms with Gasteiger partial charge in [0.05, 0.1) is 29.7 Å². The minimum Gasteiger partial charge on any atom is -0.444 e. The van der Waals surface area contributed by atoms with E-state index in [0.717, 1.165) is 62.0 Å². The summed E-state index contributed by atoms with van der Waals surface area (Å²) in [6.45, 7) is 5.91. The monoisotopic (exact) mass is 507 g/mol. The normalized spacial score (nSPS) is 21.6. The smallest absolute Gasteiger partial charge is 0.407 e. The number of rotatable bonds is 7. The fraction of sp³-hybridized carbons (Fsp3) is 0.552. The molecule has 1 aromatic carbocycles. The number of fused-ring (bicyclic) bond motifs is 1. The lowest BCUT2D eigenvalue weighted by molar-refractivity contribution is -0.117. The van der Waals surface area contributed by atoms with Gasteiger partial charge in [0.1, 0.15) is 5.60 Å². The lowest BCUT2D eigenvalue weighted by Crippen LogP contribution is -2.42. The number of aryl methyl sites for hydroxylation is 1. The average Bonchev–Trinajstić information content (AvgIpc) is 2.85. The van der Waals surface area contributed by atoms with Crippen molar-refractivity contribution in [3.05, 3.63) is 53.9 Å². The lowest BCUT2D eigenvalue weighted by Gasteiger charge is -2.32. The van der Waals surface area contributed by atoms with Gasteiger partial charge >= 0.3 is 6.09 Å². The van der Waals surface area contributed by atoms with Crippen molar-refractivity contribution in [2.75, 3.05) is 24.2 Å². The summed E-state index contributed by atoms with van der Waals surface area (Å²) < 4.78 is 5.39. The number of carbonyl (C=O) groups excluding carboxylic acids is 2. The highest BCUT2D eigenvalue weighted by molar-refractivity contribution is 5.95. The zero-order valence-corrected chi connectivity index (χ0v) is 22.5. The molecule has 1 aromatic heterocycles. The van der Waals surface area contributed by atoms with E-state index in [1.165, 1.54) is 5.56 Å². The second-order valence-corrected chi connectivity index (χ2v) is 11.3. The van der Waals surface area contributed by atoms with Gasteiger partial charge in [-0.1, -0.05) is 18.2 Å². The van der Waals surface area contributed by atoms with Crippen LogP contribution in [0.15, 0.2) is 42.6 Å². The number of alkyl carbamates (subject to hydrolysis) is 1. The van der Waals surface area contributed by atoms with Gasteiger partial charge < -0.3 is 20.7 Å². The van der Waals surface area contributed by atoms with Crippen molar-refractivity contribution in [1.82, 2.24) is 15.2 Å². The highest BCUT2D eigenvalue weighted by Gasteiger charge is 2.27. The van der Waals surface area contributed by atoms with Crippen LogP contribution in [-0.4, -0.2) is 53.2 Å². The van der Waals surface area contributed by atoms with E-state index in [2.05, 4.69) is 31.9 Å². The topological polar surface area (TPSA) is 95.6 Å². The summed E-state index contributed by atoms with van der Waals surface area (Å²) >= 11 is 0. The third-order valence-corrected chi connectivity index (χ3v) is 7.10. The van der Waals surface area contributed by atoms with E-state index in [9.17, 15) is 9.59 Å². The third-order valence-electron chi connectivity index (χ3n) is 7.10. The molecule has 2 amide bonds. The number of benzene rings is 1. The minimum absolute atomic E-state index is 0.0370. The van der Waals surface area contributed by atoms with Gasteiger partial charge in [-0.3, -0.25) is 14.7 Å². The number of amides is 2. The number of carbonyl (C=O) groups is 2. The van der Waals surface area contributed by atoms with Crippen molar-refractivity contribution in [1.29, 1.82) is 0 Å². The number of nitrogens with zero attached hydrogens (tertiary/aromatic N) is 2. The summed E-state index contributed by atoms with van der Waals surface area (Å²) in [5, 5.41) is 9.72. The fourth-order valence-corrected chi connectivity index (χ4v) is 5.33. The van der Waals surface area contributed by atoms with E-state index in [1.807, 2.05) is 64.3 Å². The number of pyridine rings is 1. The molecule has 8 heteroatoms. The Morgan fingerprint density at radius 1 is 1.00 bits per heavy atom. The number of ether oxygens (including phenoxy) is 1. The van der Waals surface area contributed by atoms with Crippen LogP contribution in [0.1, 0.15) is 76.6 Å². The van der Waals surface area contributed by atoms with Crippen molar-refractivity contribution in [3.63, 3.8) is 0 Å². The van der Waals surface area contributed by atoms with Crippen molar-refractivity contribution < 1.29 is 14.3 Å². The first-order valence-electron chi connectivity index (χ1n) is 13.5. The molecular formula is C29H41N5O3. The highest BCUT2D eigenvalue weighted by Crippen LogP contribution is 2.32. The summed E-state index contributed by atoms with van der Waals surface area (Å²) in [5.74, 6) is -0.0370. The Bertz CT molecular complexity index is 1080. The number of hydrogen-bond acceptors (Lipinski definition) is 6. The van der Waals surface area contributed by atoms with Crippen LogP contribution in [0.3, 0.4) is 0 Å². The summed E-state index contributed by atoms with van der Waals surface area (Å²) in [6, 6.07) is 12.6. The summed E-state index contributed by atoms with van der Waals surface area (Å²) in [4.78, 5) is 31.8. The van der Waals surface area contributed by atoms with Gasteiger partial charge in [-0.25, -0.2) is 4.79 Å². The number of nitrogens with one attached hydrogen (secondary N) is 3. The summed E-state index contributed by atoms with van der Waals surface area (Å²) in [7, 11) is 2.00. The first-order chi connectivity index (χ1) is 17.7. The predicted octanol–water partition coefficient (Wildman–Crippen LogP) is 5.28. The van der Waals surface area contributed by atoms with Crippen molar-refractivity contribution in [2.24, 2.45) is 0 Å². The van der Waals surface area contributed by atoms with Gasteiger partial charge in [-0.15, -0.1) is 0 Å².